The molecule has 1 amide bonds. The van der Waals surface area contributed by atoms with E-state index in [0.29, 0.717) is 18.3 Å². The van der Waals surface area contributed by atoms with Gasteiger partial charge in [0.05, 0.1) is 12.8 Å². The second-order valence-electron chi connectivity index (χ2n) is 7.19. The molecule has 2 aromatic rings. The van der Waals surface area contributed by atoms with E-state index in [-0.39, 0.29) is 5.91 Å². The Morgan fingerprint density at radius 2 is 2.08 bits per heavy atom. The number of pyridine rings is 1. The summed E-state index contributed by atoms with van der Waals surface area (Å²) in [5.74, 6) is 1.29. The van der Waals surface area contributed by atoms with Gasteiger partial charge in [-0.05, 0) is 62.3 Å². The third-order valence-electron chi connectivity index (χ3n) is 5.28. The molecule has 140 valence electrons. The quantitative estimate of drug-likeness (QED) is 0.824. The standard InChI is InChI=1S/C21H28N2O3/c1-4-14-26-21(11-9-15(2)10-12-21)20(24)23-17-7-8-18(25-3)19-16(17)6-5-13-22-19/h5-8,13,15H,4,9-12,14H2,1-3H3,(H,23,24). The van der Waals surface area contributed by atoms with Crippen molar-refractivity contribution in [3.05, 3.63) is 30.5 Å². The van der Waals surface area contributed by atoms with Gasteiger partial charge in [0.15, 0.2) is 0 Å². The Labute approximate surface area is 155 Å². The second-order valence-corrected chi connectivity index (χ2v) is 7.19. The zero-order chi connectivity index (χ0) is 18.6. The van der Waals surface area contributed by atoms with Crippen LogP contribution in [0.15, 0.2) is 30.5 Å². The van der Waals surface area contributed by atoms with Crippen LogP contribution >= 0.6 is 0 Å². The van der Waals surface area contributed by atoms with Gasteiger partial charge in [-0.2, -0.15) is 0 Å². The molecule has 0 radical (unpaired) electrons. The Kier molecular flexibility index (Phi) is 5.77. The van der Waals surface area contributed by atoms with Gasteiger partial charge in [0.2, 0.25) is 0 Å². The number of anilines is 1. The maximum Gasteiger partial charge on any atom is 0.256 e. The SMILES string of the molecule is CCCOC1(C(=O)Nc2ccc(OC)c3ncccc23)CCC(C)CC1. The number of nitrogens with one attached hydrogen (secondary N) is 1. The highest BCUT2D eigenvalue weighted by atomic mass is 16.5. The van der Waals surface area contributed by atoms with E-state index in [0.717, 1.165) is 48.7 Å². The molecule has 1 aromatic heterocycles. The van der Waals surface area contributed by atoms with Crippen LogP contribution in [0.4, 0.5) is 5.69 Å². The number of fused-ring (bicyclic) bond motifs is 1. The van der Waals surface area contributed by atoms with Crippen LogP contribution in [0.5, 0.6) is 5.75 Å². The van der Waals surface area contributed by atoms with Gasteiger partial charge in [-0.25, -0.2) is 0 Å². The summed E-state index contributed by atoms with van der Waals surface area (Å²) in [7, 11) is 1.62. The number of amides is 1. The van der Waals surface area contributed by atoms with Crippen LogP contribution in [0.2, 0.25) is 0 Å². The molecule has 5 heteroatoms. The molecule has 1 heterocycles. The van der Waals surface area contributed by atoms with Gasteiger partial charge in [-0.15, -0.1) is 0 Å². The van der Waals surface area contributed by atoms with E-state index >= 15 is 0 Å². The fourth-order valence-electron chi connectivity index (χ4n) is 3.62. The predicted molar refractivity (Wildman–Crippen MR) is 104 cm³/mol. The number of aromatic nitrogens is 1. The van der Waals surface area contributed by atoms with Crippen LogP contribution in [0, 0.1) is 5.92 Å². The third-order valence-corrected chi connectivity index (χ3v) is 5.28. The fraction of sp³-hybridized carbons (Fsp3) is 0.524. The predicted octanol–water partition coefficient (Wildman–Crippen LogP) is 4.56. The molecule has 0 atom stereocenters. The molecular weight excluding hydrogens is 328 g/mol. The molecule has 0 bridgehead atoms. The molecular formula is C21H28N2O3. The van der Waals surface area contributed by atoms with Crippen molar-refractivity contribution in [1.82, 2.24) is 4.98 Å². The monoisotopic (exact) mass is 356 g/mol. The van der Waals surface area contributed by atoms with Gasteiger partial charge in [0.25, 0.3) is 5.91 Å². The normalized spacial score (nSPS) is 23.0. The zero-order valence-corrected chi connectivity index (χ0v) is 15.9. The van der Waals surface area contributed by atoms with Gasteiger partial charge in [0, 0.05) is 18.2 Å². The van der Waals surface area contributed by atoms with Crippen LogP contribution in [0.1, 0.15) is 46.0 Å². The average Bonchev–Trinajstić information content (AvgIpc) is 2.68. The van der Waals surface area contributed by atoms with Crippen molar-refractivity contribution in [3.63, 3.8) is 0 Å². The lowest BCUT2D eigenvalue weighted by Gasteiger charge is -2.38. The minimum absolute atomic E-state index is 0.0480. The summed E-state index contributed by atoms with van der Waals surface area (Å²) in [6, 6.07) is 7.53. The number of nitrogens with zero attached hydrogens (tertiary/aromatic N) is 1. The minimum Gasteiger partial charge on any atom is -0.494 e. The van der Waals surface area contributed by atoms with E-state index in [1.165, 1.54) is 0 Å². The van der Waals surface area contributed by atoms with E-state index in [1.807, 2.05) is 24.3 Å². The smallest absolute Gasteiger partial charge is 0.256 e. The molecule has 5 nitrogen and oxygen atoms in total. The molecule has 26 heavy (non-hydrogen) atoms. The maximum atomic E-state index is 13.2. The van der Waals surface area contributed by atoms with Crippen molar-refractivity contribution in [2.45, 2.75) is 51.6 Å². The highest BCUT2D eigenvalue weighted by Crippen LogP contribution is 2.37. The van der Waals surface area contributed by atoms with E-state index in [4.69, 9.17) is 9.47 Å². The molecule has 1 saturated carbocycles. The Hall–Kier alpha value is -2.14. The van der Waals surface area contributed by atoms with Crippen molar-refractivity contribution in [2.75, 3.05) is 19.0 Å². The molecule has 3 rings (SSSR count). The minimum atomic E-state index is -0.725. The number of carbonyl (C=O) groups excluding carboxylic acids is 1. The van der Waals surface area contributed by atoms with Crippen LogP contribution in [-0.2, 0) is 9.53 Å². The van der Waals surface area contributed by atoms with Crippen LogP contribution in [-0.4, -0.2) is 30.2 Å². The van der Waals surface area contributed by atoms with Crippen LogP contribution < -0.4 is 10.1 Å². The first-order chi connectivity index (χ1) is 12.6. The Balaban J connectivity index is 1.89. The van der Waals surface area contributed by atoms with Crippen molar-refractivity contribution < 1.29 is 14.3 Å². The Bertz CT molecular complexity index is 761. The molecule has 1 aliphatic carbocycles. The lowest BCUT2D eigenvalue weighted by Crippen LogP contribution is -2.48. The molecule has 1 aromatic carbocycles. The lowest BCUT2D eigenvalue weighted by molar-refractivity contribution is -0.147. The first-order valence-electron chi connectivity index (χ1n) is 9.47. The topological polar surface area (TPSA) is 60.5 Å². The Morgan fingerprint density at radius 1 is 1.31 bits per heavy atom. The second kappa shape index (κ2) is 8.04. The van der Waals surface area contributed by atoms with Crippen LogP contribution in [0.25, 0.3) is 10.9 Å². The maximum absolute atomic E-state index is 13.2. The van der Waals surface area contributed by atoms with Crippen molar-refractivity contribution >= 4 is 22.5 Å². The molecule has 1 fully saturated rings. The van der Waals surface area contributed by atoms with Gasteiger partial charge >= 0.3 is 0 Å². The summed E-state index contributed by atoms with van der Waals surface area (Å²) in [5.41, 5.74) is 0.766. The summed E-state index contributed by atoms with van der Waals surface area (Å²) in [6.07, 6.45) is 6.20. The number of carbonyl (C=O) groups is 1. The van der Waals surface area contributed by atoms with Gasteiger partial charge in [0.1, 0.15) is 16.9 Å². The number of hydrogen-bond acceptors (Lipinski definition) is 4. The van der Waals surface area contributed by atoms with Crippen molar-refractivity contribution in [1.29, 1.82) is 0 Å². The molecule has 0 unspecified atom stereocenters. The highest BCUT2D eigenvalue weighted by molar-refractivity contribution is 6.05. The van der Waals surface area contributed by atoms with E-state index in [9.17, 15) is 4.79 Å². The number of rotatable bonds is 6. The zero-order valence-electron chi connectivity index (χ0n) is 15.9. The first kappa shape index (κ1) is 18.6. The summed E-state index contributed by atoms with van der Waals surface area (Å²) in [4.78, 5) is 17.6. The molecule has 0 spiro atoms. The number of benzene rings is 1. The fourth-order valence-corrected chi connectivity index (χ4v) is 3.62. The largest absolute Gasteiger partial charge is 0.494 e. The summed E-state index contributed by atoms with van der Waals surface area (Å²) >= 11 is 0. The highest BCUT2D eigenvalue weighted by Gasteiger charge is 2.42. The molecule has 0 saturated heterocycles. The van der Waals surface area contributed by atoms with Crippen molar-refractivity contribution in [2.24, 2.45) is 5.92 Å². The molecule has 1 aliphatic rings. The van der Waals surface area contributed by atoms with Gasteiger partial charge in [-0.1, -0.05) is 13.8 Å². The third kappa shape index (κ3) is 3.68. The van der Waals surface area contributed by atoms with E-state index in [1.54, 1.807) is 13.3 Å². The van der Waals surface area contributed by atoms with Crippen LogP contribution in [0.3, 0.4) is 0 Å². The average molecular weight is 356 g/mol. The van der Waals surface area contributed by atoms with Gasteiger partial charge < -0.3 is 14.8 Å². The Morgan fingerprint density at radius 3 is 2.77 bits per heavy atom. The molecule has 1 N–H and O–H groups in total. The number of ether oxygens (including phenoxy) is 2. The summed E-state index contributed by atoms with van der Waals surface area (Å²) < 4.78 is 11.5. The van der Waals surface area contributed by atoms with E-state index in [2.05, 4.69) is 24.1 Å². The number of methoxy groups -OCH3 is 1. The molecule has 0 aliphatic heterocycles. The summed E-state index contributed by atoms with van der Waals surface area (Å²) in [5, 5.41) is 3.98. The van der Waals surface area contributed by atoms with Gasteiger partial charge in [-0.3, -0.25) is 9.78 Å². The van der Waals surface area contributed by atoms with E-state index < -0.39 is 5.60 Å². The first-order valence-corrected chi connectivity index (χ1v) is 9.47. The summed E-state index contributed by atoms with van der Waals surface area (Å²) in [6.45, 7) is 4.91. The lowest BCUT2D eigenvalue weighted by atomic mass is 9.78. The van der Waals surface area contributed by atoms with Crippen molar-refractivity contribution in [3.8, 4) is 5.75 Å². The number of hydrogen-bond donors (Lipinski definition) is 1.